The minimum absolute atomic E-state index is 0.0558. The van der Waals surface area contributed by atoms with Crippen molar-refractivity contribution in [3.8, 4) is 11.3 Å². The number of aromatic nitrogens is 2. The predicted molar refractivity (Wildman–Crippen MR) is 108 cm³/mol. The molecule has 1 amide bonds. The van der Waals surface area contributed by atoms with Gasteiger partial charge in [-0.3, -0.25) is 9.48 Å². The number of amides is 1. The van der Waals surface area contributed by atoms with E-state index < -0.39 is 23.4 Å². The Bertz CT molecular complexity index is 1080. The van der Waals surface area contributed by atoms with Crippen LogP contribution in [0.3, 0.4) is 0 Å². The highest BCUT2D eigenvalue weighted by Gasteiger charge is 2.25. The van der Waals surface area contributed by atoms with Gasteiger partial charge in [0.2, 0.25) is 0 Å². The Morgan fingerprint density at radius 2 is 1.93 bits per heavy atom. The van der Waals surface area contributed by atoms with Gasteiger partial charge in [-0.25, -0.2) is 13.2 Å². The first kappa shape index (κ1) is 20.0. The minimum atomic E-state index is -0.641. The van der Waals surface area contributed by atoms with Gasteiger partial charge in [0.15, 0.2) is 0 Å². The number of halogens is 3. The smallest absolute Gasteiger partial charge is 0.254 e. The van der Waals surface area contributed by atoms with Crippen LogP contribution >= 0.6 is 0 Å². The summed E-state index contributed by atoms with van der Waals surface area (Å²) in [7, 11) is 1.77. The molecule has 1 N–H and O–H groups in total. The van der Waals surface area contributed by atoms with Gasteiger partial charge in [0.1, 0.15) is 17.5 Å². The van der Waals surface area contributed by atoms with E-state index in [4.69, 9.17) is 0 Å². The second-order valence-electron chi connectivity index (χ2n) is 7.42. The Labute approximate surface area is 172 Å². The largest absolute Gasteiger partial charge is 0.367 e. The Morgan fingerprint density at radius 1 is 1.10 bits per heavy atom. The number of benzene rings is 2. The molecule has 1 aliphatic heterocycles. The average molecular weight is 414 g/mol. The van der Waals surface area contributed by atoms with Crippen LogP contribution in [-0.2, 0) is 7.05 Å². The normalized spacial score (nSPS) is 16.5. The number of nitrogens with zero attached hydrogens (tertiary/aromatic N) is 3. The van der Waals surface area contributed by atoms with E-state index in [9.17, 15) is 18.0 Å². The molecule has 0 radical (unpaired) electrons. The fraction of sp³-hybridized carbons (Fsp3) is 0.273. The molecule has 1 fully saturated rings. The van der Waals surface area contributed by atoms with E-state index in [1.807, 2.05) is 0 Å². The summed E-state index contributed by atoms with van der Waals surface area (Å²) in [6, 6.07) is 9.32. The molecule has 8 heteroatoms. The molecule has 5 nitrogen and oxygen atoms in total. The zero-order valence-corrected chi connectivity index (χ0v) is 16.4. The number of hydrogen-bond donors (Lipinski definition) is 1. The van der Waals surface area contributed by atoms with Crippen LogP contribution < -0.4 is 10.2 Å². The van der Waals surface area contributed by atoms with E-state index in [0.717, 1.165) is 12.5 Å². The van der Waals surface area contributed by atoms with Crippen molar-refractivity contribution in [1.29, 1.82) is 0 Å². The standard InChI is InChI=1S/C22H21F3N4O/c1-28-10-8-20(27-28)14-4-6-17(18(24)11-14)22(30)26-16-3-2-9-29(13-16)21-7-5-15(23)12-19(21)25/h4-8,10-12,16H,2-3,9,13H2,1H3,(H,26,30)/t16-/m0/s1. The molecule has 0 bridgehead atoms. The van der Waals surface area contributed by atoms with Crippen LogP contribution in [0.1, 0.15) is 23.2 Å². The molecule has 156 valence electrons. The topological polar surface area (TPSA) is 50.2 Å². The second-order valence-corrected chi connectivity index (χ2v) is 7.42. The molecule has 0 spiro atoms. The maximum atomic E-state index is 14.6. The van der Waals surface area contributed by atoms with E-state index in [-0.39, 0.29) is 11.6 Å². The number of anilines is 1. The first-order chi connectivity index (χ1) is 14.4. The predicted octanol–water partition coefficient (Wildman–Crippen LogP) is 3.90. The summed E-state index contributed by atoms with van der Waals surface area (Å²) in [4.78, 5) is 14.4. The van der Waals surface area contributed by atoms with Gasteiger partial charge in [0, 0.05) is 44.0 Å². The van der Waals surface area contributed by atoms with Gasteiger partial charge in [0.25, 0.3) is 5.91 Å². The van der Waals surface area contributed by atoms with E-state index >= 15 is 0 Å². The second kappa shape index (κ2) is 8.22. The van der Waals surface area contributed by atoms with Gasteiger partial charge in [-0.1, -0.05) is 6.07 Å². The van der Waals surface area contributed by atoms with Crippen LogP contribution in [0.4, 0.5) is 18.9 Å². The summed E-state index contributed by atoms with van der Waals surface area (Å²) in [6.45, 7) is 0.962. The molecule has 30 heavy (non-hydrogen) atoms. The minimum Gasteiger partial charge on any atom is -0.367 e. The third-order valence-corrected chi connectivity index (χ3v) is 5.23. The number of hydrogen-bond acceptors (Lipinski definition) is 3. The van der Waals surface area contributed by atoms with Crippen molar-refractivity contribution in [3.63, 3.8) is 0 Å². The lowest BCUT2D eigenvalue weighted by Gasteiger charge is -2.35. The summed E-state index contributed by atoms with van der Waals surface area (Å²) in [6.07, 6.45) is 3.17. The highest BCUT2D eigenvalue weighted by atomic mass is 19.1. The van der Waals surface area contributed by atoms with Crippen molar-refractivity contribution >= 4 is 11.6 Å². The molecule has 1 saturated heterocycles. The SMILES string of the molecule is Cn1ccc(-c2ccc(C(=O)N[C@H]3CCCN(c4ccc(F)cc4F)C3)c(F)c2)n1. The Morgan fingerprint density at radius 3 is 2.63 bits per heavy atom. The van der Waals surface area contributed by atoms with Gasteiger partial charge < -0.3 is 10.2 Å². The van der Waals surface area contributed by atoms with Crippen LogP contribution in [0.2, 0.25) is 0 Å². The maximum absolute atomic E-state index is 14.6. The van der Waals surface area contributed by atoms with Gasteiger partial charge in [0.05, 0.1) is 16.9 Å². The van der Waals surface area contributed by atoms with Gasteiger partial charge in [-0.05, 0) is 43.2 Å². The summed E-state index contributed by atoms with van der Waals surface area (Å²) in [5.74, 6) is -2.43. The van der Waals surface area contributed by atoms with E-state index in [1.54, 1.807) is 35.0 Å². The molecule has 2 aromatic carbocycles. The lowest BCUT2D eigenvalue weighted by molar-refractivity contribution is 0.0929. The fourth-order valence-electron chi connectivity index (χ4n) is 3.74. The molecular weight excluding hydrogens is 393 g/mol. The van der Waals surface area contributed by atoms with Gasteiger partial charge in [-0.2, -0.15) is 5.10 Å². The van der Waals surface area contributed by atoms with Crippen molar-refractivity contribution in [1.82, 2.24) is 15.1 Å². The summed E-state index contributed by atoms with van der Waals surface area (Å²) >= 11 is 0. The fourth-order valence-corrected chi connectivity index (χ4v) is 3.74. The first-order valence-electron chi connectivity index (χ1n) is 9.71. The van der Waals surface area contributed by atoms with Crippen LogP contribution in [0, 0.1) is 17.5 Å². The molecule has 0 unspecified atom stereocenters. The van der Waals surface area contributed by atoms with Crippen LogP contribution in [-0.4, -0.2) is 34.8 Å². The molecule has 3 aromatic rings. The lowest BCUT2D eigenvalue weighted by atomic mass is 10.0. The molecule has 0 aliphatic carbocycles. The molecule has 0 saturated carbocycles. The van der Waals surface area contributed by atoms with E-state index in [1.165, 1.54) is 24.3 Å². The van der Waals surface area contributed by atoms with Crippen LogP contribution in [0.25, 0.3) is 11.3 Å². The molecule has 1 aromatic heterocycles. The van der Waals surface area contributed by atoms with E-state index in [2.05, 4.69) is 10.4 Å². The third kappa shape index (κ3) is 4.17. The van der Waals surface area contributed by atoms with Crippen molar-refractivity contribution in [3.05, 3.63) is 71.7 Å². The number of carbonyl (C=O) groups is 1. The van der Waals surface area contributed by atoms with Crippen molar-refractivity contribution < 1.29 is 18.0 Å². The van der Waals surface area contributed by atoms with Gasteiger partial charge >= 0.3 is 0 Å². The highest BCUT2D eigenvalue weighted by Crippen LogP contribution is 2.25. The van der Waals surface area contributed by atoms with Crippen molar-refractivity contribution in [2.24, 2.45) is 7.05 Å². The van der Waals surface area contributed by atoms with Crippen LogP contribution in [0.5, 0.6) is 0 Å². The summed E-state index contributed by atoms with van der Waals surface area (Å²) in [5, 5.41) is 7.06. The Kier molecular flexibility index (Phi) is 5.48. The summed E-state index contributed by atoms with van der Waals surface area (Å²) in [5.41, 5.74) is 1.44. The molecule has 2 heterocycles. The number of rotatable bonds is 4. The average Bonchev–Trinajstić information content (AvgIpc) is 3.14. The van der Waals surface area contributed by atoms with Crippen LogP contribution in [0.15, 0.2) is 48.7 Å². The van der Waals surface area contributed by atoms with Gasteiger partial charge in [-0.15, -0.1) is 0 Å². The molecule has 4 rings (SSSR count). The third-order valence-electron chi connectivity index (χ3n) is 5.23. The van der Waals surface area contributed by atoms with Crippen molar-refractivity contribution in [2.75, 3.05) is 18.0 Å². The molecule has 1 atom stereocenters. The number of nitrogens with one attached hydrogen (secondary N) is 1. The summed E-state index contributed by atoms with van der Waals surface area (Å²) < 4.78 is 43.5. The van der Waals surface area contributed by atoms with E-state index in [0.29, 0.717) is 36.5 Å². The number of aryl methyl sites for hydroxylation is 1. The van der Waals surface area contributed by atoms with Crippen molar-refractivity contribution in [2.45, 2.75) is 18.9 Å². The number of piperidine rings is 1. The lowest BCUT2D eigenvalue weighted by Crippen LogP contribution is -2.48. The quantitative estimate of drug-likeness (QED) is 0.705. The monoisotopic (exact) mass is 414 g/mol. The number of carbonyl (C=O) groups excluding carboxylic acids is 1. The Hall–Kier alpha value is -3.29. The maximum Gasteiger partial charge on any atom is 0.254 e. The highest BCUT2D eigenvalue weighted by molar-refractivity contribution is 5.95. The zero-order chi connectivity index (χ0) is 21.3. The first-order valence-corrected chi connectivity index (χ1v) is 9.71. The Balaban J connectivity index is 1.45. The zero-order valence-electron chi connectivity index (χ0n) is 16.4. The molecule has 1 aliphatic rings. The molecular formula is C22H21F3N4O.